The molecule has 0 aromatic heterocycles. The van der Waals surface area contributed by atoms with Crippen LogP contribution in [0, 0.1) is 5.41 Å². The summed E-state index contributed by atoms with van der Waals surface area (Å²) in [5.41, 5.74) is 2.09. The topological polar surface area (TPSA) is 68.8 Å². The first-order chi connectivity index (χ1) is 12.9. The third-order valence-corrected chi connectivity index (χ3v) is 5.10. The monoisotopic (exact) mass is 373 g/mol. The molecule has 1 aromatic carbocycles. The minimum Gasteiger partial charge on any atom is -0.359 e. The Morgan fingerprint density at radius 2 is 1.70 bits per heavy atom. The lowest BCUT2D eigenvalue weighted by atomic mass is 9.92. The van der Waals surface area contributed by atoms with Gasteiger partial charge in [0.25, 0.3) is 0 Å². The summed E-state index contributed by atoms with van der Waals surface area (Å²) >= 11 is 0. The Hall–Kier alpha value is -2.08. The van der Waals surface area contributed by atoms with Gasteiger partial charge in [0.05, 0.1) is 5.41 Å². The van der Waals surface area contributed by atoms with Crippen molar-refractivity contribution in [2.45, 2.75) is 46.2 Å². The van der Waals surface area contributed by atoms with Crippen LogP contribution in [0.2, 0.25) is 0 Å². The molecule has 1 fully saturated rings. The zero-order valence-corrected chi connectivity index (χ0v) is 17.3. The van der Waals surface area contributed by atoms with E-state index in [4.69, 9.17) is 0 Å². The van der Waals surface area contributed by atoms with Gasteiger partial charge in [-0.1, -0.05) is 30.7 Å². The standard InChI is InChI=1S/C21H35N5O/c1-21(2,19(27)22-3)16-25-20(23-4)24-14-17-8-10-18(11-9-17)15-26-12-6-5-7-13-26/h8-11H,5-7,12-16H2,1-4H3,(H,22,27)(H2,23,24,25). The molecular formula is C21H35N5O. The molecule has 1 saturated heterocycles. The SMILES string of the molecule is CN=C(NCc1ccc(CN2CCCCC2)cc1)NCC(C)(C)C(=O)NC. The van der Waals surface area contributed by atoms with E-state index in [-0.39, 0.29) is 5.91 Å². The number of carbonyl (C=O) groups excluding carboxylic acids is 1. The number of nitrogens with zero attached hydrogens (tertiary/aromatic N) is 2. The van der Waals surface area contributed by atoms with E-state index in [0.29, 0.717) is 19.0 Å². The van der Waals surface area contributed by atoms with Crippen LogP contribution in [0.4, 0.5) is 0 Å². The van der Waals surface area contributed by atoms with Crippen LogP contribution < -0.4 is 16.0 Å². The molecule has 1 aromatic rings. The van der Waals surface area contributed by atoms with Gasteiger partial charge in [-0.25, -0.2) is 0 Å². The lowest BCUT2D eigenvalue weighted by Crippen LogP contribution is -2.47. The zero-order chi connectivity index (χ0) is 19.7. The molecule has 0 aliphatic carbocycles. The van der Waals surface area contributed by atoms with Crippen molar-refractivity contribution in [1.29, 1.82) is 0 Å². The maximum Gasteiger partial charge on any atom is 0.227 e. The molecule has 0 atom stereocenters. The molecule has 0 unspecified atom stereocenters. The number of rotatable bonds is 7. The van der Waals surface area contributed by atoms with E-state index in [2.05, 4.69) is 50.1 Å². The van der Waals surface area contributed by atoms with Gasteiger partial charge in [-0.2, -0.15) is 0 Å². The van der Waals surface area contributed by atoms with Crippen LogP contribution in [-0.4, -0.2) is 50.5 Å². The molecule has 1 amide bonds. The van der Waals surface area contributed by atoms with Gasteiger partial charge in [-0.15, -0.1) is 0 Å². The summed E-state index contributed by atoms with van der Waals surface area (Å²) in [6.45, 7) is 8.52. The highest BCUT2D eigenvalue weighted by Gasteiger charge is 2.26. The van der Waals surface area contributed by atoms with Crippen LogP contribution in [0.5, 0.6) is 0 Å². The second-order valence-corrected chi connectivity index (χ2v) is 7.90. The number of benzene rings is 1. The Labute approximate surface area is 163 Å². The summed E-state index contributed by atoms with van der Waals surface area (Å²) in [5.74, 6) is 0.708. The normalized spacial score (nSPS) is 16.1. The van der Waals surface area contributed by atoms with Gasteiger partial charge in [0.15, 0.2) is 5.96 Å². The van der Waals surface area contributed by atoms with Crippen molar-refractivity contribution < 1.29 is 4.79 Å². The Morgan fingerprint density at radius 1 is 1.07 bits per heavy atom. The molecule has 0 saturated carbocycles. The first-order valence-corrected chi connectivity index (χ1v) is 9.91. The van der Waals surface area contributed by atoms with Gasteiger partial charge in [-0.3, -0.25) is 14.7 Å². The highest BCUT2D eigenvalue weighted by atomic mass is 16.2. The third kappa shape index (κ3) is 6.86. The highest BCUT2D eigenvalue weighted by molar-refractivity contribution is 5.84. The number of carbonyl (C=O) groups is 1. The van der Waals surface area contributed by atoms with Crippen molar-refractivity contribution in [3.8, 4) is 0 Å². The molecule has 1 aliphatic heterocycles. The van der Waals surface area contributed by atoms with Gasteiger partial charge in [0.1, 0.15) is 0 Å². The van der Waals surface area contributed by atoms with Crippen LogP contribution >= 0.6 is 0 Å². The Bertz CT molecular complexity index is 618. The van der Waals surface area contributed by atoms with E-state index in [9.17, 15) is 4.79 Å². The van der Waals surface area contributed by atoms with Crippen LogP contribution in [0.25, 0.3) is 0 Å². The van der Waals surface area contributed by atoms with E-state index < -0.39 is 5.41 Å². The predicted molar refractivity (Wildman–Crippen MR) is 112 cm³/mol. The third-order valence-electron chi connectivity index (χ3n) is 5.10. The number of aliphatic imine (C=N–C) groups is 1. The van der Waals surface area contributed by atoms with Gasteiger partial charge in [0, 0.05) is 33.7 Å². The molecule has 6 nitrogen and oxygen atoms in total. The van der Waals surface area contributed by atoms with Crippen molar-refractivity contribution in [2.24, 2.45) is 10.4 Å². The number of piperidine rings is 1. The Kier molecular flexibility index (Phi) is 8.10. The smallest absolute Gasteiger partial charge is 0.227 e. The van der Waals surface area contributed by atoms with Crippen LogP contribution in [-0.2, 0) is 17.9 Å². The number of nitrogens with one attached hydrogen (secondary N) is 3. The van der Waals surface area contributed by atoms with Gasteiger partial charge < -0.3 is 16.0 Å². The van der Waals surface area contributed by atoms with E-state index in [0.717, 1.165) is 6.54 Å². The second-order valence-electron chi connectivity index (χ2n) is 7.90. The average Bonchev–Trinajstić information content (AvgIpc) is 2.69. The fourth-order valence-electron chi connectivity index (χ4n) is 3.27. The fraction of sp³-hybridized carbons (Fsp3) is 0.619. The summed E-state index contributed by atoms with van der Waals surface area (Å²) in [4.78, 5) is 18.7. The molecule has 0 radical (unpaired) electrons. The molecular weight excluding hydrogens is 338 g/mol. The van der Waals surface area contributed by atoms with E-state index >= 15 is 0 Å². The van der Waals surface area contributed by atoms with Gasteiger partial charge in [-0.05, 0) is 50.9 Å². The molecule has 6 heteroatoms. The quantitative estimate of drug-likeness (QED) is 0.506. The molecule has 3 N–H and O–H groups in total. The highest BCUT2D eigenvalue weighted by Crippen LogP contribution is 2.14. The van der Waals surface area contributed by atoms with E-state index in [1.54, 1.807) is 14.1 Å². The van der Waals surface area contributed by atoms with Crippen molar-refractivity contribution in [2.75, 3.05) is 33.7 Å². The molecule has 0 bridgehead atoms. The molecule has 1 heterocycles. The molecule has 2 rings (SSSR count). The van der Waals surface area contributed by atoms with Gasteiger partial charge in [0.2, 0.25) is 5.91 Å². The molecule has 0 spiro atoms. The molecule has 150 valence electrons. The summed E-state index contributed by atoms with van der Waals surface area (Å²) in [6.07, 6.45) is 4.02. The summed E-state index contributed by atoms with van der Waals surface area (Å²) in [5, 5.41) is 9.24. The fourth-order valence-corrected chi connectivity index (χ4v) is 3.27. The molecule has 1 aliphatic rings. The van der Waals surface area contributed by atoms with Crippen LogP contribution in [0.3, 0.4) is 0 Å². The maximum absolute atomic E-state index is 11.9. The van der Waals surface area contributed by atoms with Crippen molar-refractivity contribution in [1.82, 2.24) is 20.9 Å². The van der Waals surface area contributed by atoms with Crippen LogP contribution in [0.1, 0.15) is 44.2 Å². The van der Waals surface area contributed by atoms with Crippen molar-refractivity contribution in [3.63, 3.8) is 0 Å². The number of guanidine groups is 1. The number of likely N-dealkylation sites (tertiary alicyclic amines) is 1. The zero-order valence-electron chi connectivity index (χ0n) is 17.3. The summed E-state index contributed by atoms with van der Waals surface area (Å²) < 4.78 is 0. The minimum atomic E-state index is -0.498. The Morgan fingerprint density at radius 3 is 2.30 bits per heavy atom. The second kappa shape index (κ2) is 10.3. The number of hydrogen-bond donors (Lipinski definition) is 3. The lowest BCUT2D eigenvalue weighted by Gasteiger charge is -2.26. The minimum absolute atomic E-state index is 0.00903. The Balaban J connectivity index is 1.79. The van der Waals surface area contributed by atoms with E-state index in [1.165, 1.54) is 43.5 Å². The largest absolute Gasteiger partial charge is 0.359 e. The van der Waals surface area contributed by atoms with Crippen LogP contribution in [0.15, 0.2) is 29.3 Å². The first-order valence-electron chi connectivity index (χ1n) is 9.91. The first kappa shape index (κ1) is 21.2. The summed E-state index contributed by atoms with van der Waals surface area (Å²) in [6, 6.07) is 8.79. The summed E-state index contributed by atoms with van der Waals surface area (Å²) in [7, 11) is 3.40. The average molecular weight is 374 g/mol. The number of hydrogen-bond acceptors (Lipinski definition) is 3. The predicted octanol–water partition coefficient (Wildman–Crippen LogP) is 2.11. The molecule has 27 heavy (non-hydrogen) atoms. The van der Waals surface area contributed by atoms with Crippen molar-refractivity contribution in [3.05, 3.63) is 35.4 Å². The lowest BCUT2D eigenvalue weighted by molar-refractivity contribution is -0.128. The number of amides is 1. The van der Waals surface area contributed by atoms with E-state index in [1.807, 2.05) is 13.8 Å². The van der Waals surface area contributed by atoms with Gasteiger partial charge >= 0.3 is 0 Å². The van der Waals surface area contributed by atoms with Crippen molar-refractivity contribution >= 4 is 11.9 Å². The maximum atomic E-state index is 11.9.